The molecule has 2 heterocycles. The van der Waals surface area contributed by atoms with Crippen LogP contribution in [0.3, 0.4) is 0 Å². The summed E-state index contributed by atoms with van der Waals surface area (Å²) >= 11 is 0. The molecule has 1 saturated heterocycles. The van der Waals surface area contributed by atoms with Crippen molar-refractivity contribution < 1.29 is 27.3 Å². The number of oxazole rings is 1. The Labute approximate surface area is 181 Å². The number of benzene rings is 2. The van der Waals surface area contributed by atoms with Gasteiger partial charge in [-0.15, -0.1) is 0 Å². The average Bonchev–Trinajstić information content (AvgIpc) is 3.09. The van der Waals surface area contributed by atoms with Gasteiger partial charge >= 0.3 is 5.76 Å². The molecule has 1 aliphatic heterocycles. The number of nitro benzene ring substituents is 1. The first-order valence-electron chi connectivity index (χ1n) is 9.51. The van der Waals surface area contributed by atoms with Gasteiger partial charge in [0.1, 0.15) is 6.54 Å². The molecule has 3 aromatic rings. The Balaban J connectivity index is 1.54. The molecule has 168 valence electrons. The standard InChI is InChI=1S/C19H18N4O8S/c24-18(20-13-1-3-14(4-2-13)23(26)27)12-22-16-6-5-15(11-17(16)31-19(22)25)32(28,29)21-7-9-30-10-8-21/h1-6,11H,7-10,12H2,(H,20,24). The van der Waals surface area contributed by atoms with Crippen molar-refractivity contribution in [3.63, 3.8) is 0 Å². The number of rotatable bonds is 6. The van der Waals surface area contributed by atoms with Crippen molar-refractivity contribution in [3.8, 4) is 0 Å². The number of nitrogens with zero attached hydrogens (tertiary/aromatic N) is 3. The highest BCUT2D eigenvalue weighted by molar-refractivity contribution is 7.89. The molecule has 0 bridgehead atoms. The van der Waals surface area contributed by atoms with Gasteiger partial charge in [-0.25, -0.2) is 13.2 Å². The van der Waals surface area contributed by atoms with E-state index < -0.39 is 33.2 Å². The summed E-state index contributed by atoms with van der Waals surface area (Å²) in [5, 5.41) is 13.2. The molecule has 0 saturated carbocycles. The van der Waals surface area contributed by atoms with Crippen molar-refractivity contribution in [1.82, 2.24) is 8.87 Å². The van der Waals surface area contributed by atoms with Crippen LogP contribution >= 0.6 is 0 Å². The molecule has 0 atom stereocenters. The number of anilines is 1. The number of carbonyl (C=O) groups is 1. The summed E-state index contributed by atoms with van der Waals surface area (Å²) in [7, 11) is -3.78. The quantitative estimate of drug-likeness (QED) is 0.423. The number of amides is 1. The number of sulfonamides is 1. The zero-order valence-corrected chi connectivity index (χ0v) is 17.4. The molecule has 0 aliphatic carbocycles. The minimum Gasteiger partial charge on any atom is -0.408 e. The van der Waals surface area contributed by atoms with Gasteiger partial charge in [0.25, 0.3) is 5.69 Å². The number of aromatic nitrogens is 1. The lowest BCUT2D eigenvalue weighted by Gasteiger charge is -2.25. The molecule has 13 heteroatoms. The van der Waals surface area contributed by atoms with Crippen LogP contribution in [0.25, 0.3) is 11.1 Å². The fraction of sp³-hybridized carbons (Fsp3) is 0.263. The molecule has 0 unspecified atom stereocenters. The van der Waals surface area contributed by atoms with Crippen molar-refractivity contribution in [3.05, 3.63) is 63.1 Å². The van der Waals surface area contributed by atoms with Gasteiger partial charge in [-0.3, -0.25) is 19.5 Å². The molecule has 2 aromatic carbocycles. The first-order chi connectivity index (χ1) is 15.3. The minimum atomic E-state index is -3.78. The van der Waals surface area contributed by atoms with Gasteiger partial charge in [0.05, 0.1) is 28.5 Å². The van der Waals surface area contributed by atoms with Gasteiger partial charge in [-0.2, -0.15) is 4.31 Å². The van der Waals surface area contributed by atoms with Gasteiger partial charge < -0.3 is 14.5 Å². The molecule has 1 fully saturated rings. The maximum absolute atomic E-state index is 12.8. The summed E-state index contributed by atoms with van der Waals surface area (Å²) in [5.74, 6) is -1.38. The van der Waals surface area contributed by atoms with Gasteiger partial charge in [0.2, 0.25) is 15.9 Å². The maximum Gasteiger partial charge on any atom is 0.420 e. The highest BCUT2D eigenvalue weighted by atomic mass is 32.2. The Hall–Kier alpha value is -3.55. The zero-order valence-electron chi connectivity index (χ0n) is 16.6. The summed E-state index contributed by atoms with van der Waals surface area (Å²) in [4.78, 5) is 34.8. The van der Waals surface area contributed by atoms with E-state index in [0.717, 1.165) is 4.57 Å². The summed E-state index contributed by atoms with van der Waals surface area (Å²) in [5.41, 5.74) is 0.491. The Bertz CT molecular complexity index is 1340. The van der Waals surface area contributed by atoms with Crippen molar-refractivity contribution in [1.29, 1.82) is 0 Å². The van der Waals surface area contributed by atoms with Crippen LogP contribution in [0.2, 0.25) is 0 Å². The second-order valence-corrected chi connectivity index (χ2v) is 8.89. The zero-order chi connectivity index (χ0) is 22.9. The number of nitro groups is 1. The number of hydrogen-bond donors (Lipinski definition) is 1. The second-order valence-electron chi connectivity index (χ2n) is 6.95. The van der Waals surface area contributed by atoms with Crippen LogP contribution in [-0.2, 0) is 26.1 Å². The molecule has 4 rings (SSSR count). The molecule has 1 amide bonds. The Morgan fingerprint density at radius 1 is 1.12 bits per heavy atom. The predicted octanol–water partition coefficient (Wildman–Crippen LogP) is 1.16. The largest absolute Gasteiger partial charge is 0.420 e. The van der Waals surface area contributed by atoms with E-state index in [1.54, 1.807) is 0 Å². The van der Waals surface area contributed by atoms with Gasteiger partial charge in [-0.1, -0.05) is 0 Å². The molecular weight excluding hydrogens is 444 g/mol. The average molecular weight is 462 g/mol. The van der Waals surface area contributed by atoms with E-state index in [0.29, 0.717) is 18.9 Å². The number of nitrogens with one attached hydrogen (secondary N) is 1. The minimum absolute atomic E-state index is 0.0249. The van der Waals surface area contributed by atoms with Crippen molar-refractivity contribution in [2.45, 2.75) is 11.4 Å². The monoisotopic (exact) mass is 462 g/mol. The first kappa shape index (κ1) is 21.7. The topological polar surface area (TPSA) is 154 Å². The van der Waals surface area contributed by atoms with Gasteiger partial charge in [-0.05, 0) is 24.3 Å². The number of carbonyl (C=O) groups excluding carboxylic acids is 1. The lowest BCUT2D eigenvalue weighted by atomic mass is 10.3. The van der Waals surface area contributed by atoms with E-state index in [2.05, 4.69) is 5.32 Å². The summed E-state index contributed by atoms with van der Waals surface area (Å²) in [6, 6.07) is 9.24. The fourth-order valence-electron chi connectivity index (χ4n) is 3.30. The SMILES string of the molecule is O=C(Cn1c(=O)oc2cc(S(=O)(=O)N3CCOCC3)ccc21)Nc1ccc([N+](=O)[O-])cc1. The molecular formula is C19H18N4O8S. The van der Waals surface area contributed by atoms with Crippen molar-refractivity contribution >= 4 is 38.4 Å². The van der Waals surface area contributed by atoms with E-state index in [4.69, 9.17) is 9.15 Å². The molecule has 0 radical (unpaired) electrons. The van der Waals surface area contributed by atoms with E-state index in [-0.39, 0.29) is 34.8 Å². The summed E-state index contributed by atoms with van der Waals surface area (Å²) in [6.07, 6.45) is 0. The van der Waals surface area contributed by atoms with Crippen molar-refractivity contribution in [2.75, 3.05) is 31.6 Å². The third-order valence-electron chi connectivity index (χ3n) is 4.91. The number of morpholine rings is 1. The number of hydrogen-bond acceptors (Lipinski definition) is 8. The second kappa shape index (κ2) is 8.53. The molecule has 32 heavy (non-hydrogen) atoms. The third-order valence-corrected chi connectivity index (χ3v) is 6.81. The lowest BCUT2D eigenvalue weighted by molar-refractivity contribution is -0.384. The summed E-state index contributed by atoms with van der Waals surface area (Å²) < 4.78 is 38.3. The van der Waals surface area contributed by atoms with Crippen LogP contribution in [0.1, 0.15) is 0 Å². The fourth-order valence-corrected chi connectivity index (χ4v) is 4.73. The molecule has 0 spiro atoms. The highest BCUT2D eigenvalue weighted by Gasteiger charge is 2.27. The normalized spacial score (nSPS) is 15.0. The van der Waals surface area contributed by atoms with E-state index in [1.807, 2.05) is 0 Å². The van der Waals surface area contributed by atoms with Crippen molar-refractivity contribution in [2.24, 2.45) is 0 Å². The summed E-state index contributed by atoms with van der Waals surface area (Å²) in [6.45, 7) is 0.675. The van der Waals surface area contributed by atoms with Crippen LogP contribution in [0, 0.1) is 10.1 Å². The highest BCUT2D eigenvalue weighted by Crippen LogP contribution is 2.22. The Morgan fingerprint density at radius 2 is 1.81 bits per heavy atom. The van der Waals surface area contributed by atoms with Crippen LogP contribution in [0.5, 0.6) is 0 Å². The Kier molecular flexibility index (Phi) is 5.78. The number of non-ortho nitro benzene ring substituents is 1. The van der Waals surface area contributed by atoms with Crippen LogP contribution < -0.4 is 11.1 Å². The maximum atomic E-state index is 12.8. The third kappa shape index (κ3) is 4.26. The molecule has 1 N–H and O–H groups in total. The number of ether oxygens (including phenoxy) is 1. The number of fused-ring (bicyclic) bond motifs is 1. The smallest absolute Gasteiger partial charge is 0.408 e. The van der Waals surface area contributed by atoms with Gasteiger partial charge in [0, 0.05) is 37.0 Å². The van der Waals surface area contributed by atoms with Gasteiger partial charge in [0.15, 0.2) is 5.58 Å². The van der Waals surface area contributed by atoms with E-state index >= 15 is 0 Å². The Morgan fingerprint density at radius 3 is 2.47 bits per heavy atom. The molecule has 12 nitrogen and oxygen atoms in total. The first-order valence-corrected chi connectivity index (χ1v) is 11.0. The molecule has 1 aromatic heterocycles. The molecule has 1 aliphatic rings. The van der Waals surface area contributed by atoms with E-state index in [9.17, 15) is 28.1 Å². The van der Waals surface area contributed by atoms with Crippen LogP contribution in [0.15, 0.2) is 56.6 Å². The lowest BCUT2D eigenvalue weighted by Crippen LogP contribution is -2.40. The van der Waals surface area contributed by atoms with Crippen LogP contribution in [-0.4, -0.2) is 54.4 Å². The van der Waals surface area contributed by atoms with Crippen LogP contribution in [0.4, 0.5) is 11.4 Å². The predicted molar refractivity (Wildman–Crippen MR) is 112 cm³/mol. The van der Waals surface area contributed by atoms with E-state index in [1.165, 1.54) is 46.8 Å².